The largest absolute Gasteiger partial charge is 0.368 e. The summed E-state index contributed by atoms with van der Waals surface area (Å²) in [6.07, 6.45) is 1.58. The third-order valence-corrected chi connectivity index (χ3v) is 5.35. The highest BCUT2D eigenvalue weighted by atomic mass is 35.5. The third kappa shape index (κ3) is 2.38. The third-order valence-electron chi connectivity index (χ3n) is 5.11. The highest BCUT2D eigenvalue weighted by Gasteiger charge is 2.45. The van der Waals surface area contributed by atoms with Gasteiger partial charge in [-0.1, -0.05) is 23.7 Å². The molecule has 0 spiro atoms. The van der Waals surface area contributed by atoms with Crippen molar-refractivity contribution in [3.05, 3.63) is 63.7 Å². The fraction of sp³-hybridized carbons (Fsp3) is 0.316. The molecule has 1 atom stereocenters. The molecule has 1 aliphatic heterocycles. The Morgan fingerprint density at radius 1 is 1.12 bits per heavy atom. The number of fused-ring (bicyclic) bond motifs is 2. The van der Waals surface area contributed by atoms with Gasteiger partial charge in [0.05, 0.1) is 0 Å². The summed E-state index contributed by atoms with van der Waals surface area (Å²) in [5.74, 6) is -0.0258. The van der Waals surface area contributed by atoms with E-state index in [1.54, 1.807) is 7.05 Å². The normalized spacial score (nSPS) is 21.2. The Morgan fingerprint density at radius 3 is 2.75 bits per heavy atom. The molecule has 0 saturated heterocycles. The van der Waals surface area contributed by atoms with Crippen molar-refractivity contribution in [2.75, 3.05) is 12.4 Å². The van der Waals surface area contributed by atoms with Gasteiger partial charge < -0.3 is 16.0 Å². The molecule has 2 aromatic rings. The Bertz CT molecular complexity index is 820. The van der Waals surface area contributed by atoms with Gasteiger partial charge >= 0.3 is 0 Å². The monoisotopic (exact) mass is 341 g/mol. The van der Waals surface area contributed by atoms with Crippen LogP contribution in [0.5, 0.6) is 0 Å². The van der Waals surface area contributed by atoms with Gasteiger partial charge in [0.1, 0.15) is 5.54 Å². The highest BCUT2D eigenvalue weighted by molar-refractivity contribution is 6.30. The SMILES string of the molecule is CNC(=O)[C@]1(Nc2ccc3c(c2)CNC3)CCc2ccc(Cl)cc21. The maximum atomic E-state index is 12.8. The maximum absolute atomic E-state index is 12.8. The fourth-order valence-corrected chi connectivity index (χ4v) is 4.05. The quantitative estimate of drug-likeness (QED) is 0.804. The van der Waals surface area contributed by atoms with Crippen molar-refractivity contribution >= 4 is 23.2 Å². The highest BCUT2D eigenvalue weighted by Crippen LogP contribution is 2.41. The molecular weight excluding hydrogens is 322 g/mol. The Morgan fingerprint density at radius 2 is 1.92 bits per heavy atom. The molecular formula is C19H20ClN3O. The van der Waals surface area contributed by atoms with Crippen LogP contribution in [0.15, 0.2) is 36.4 Å². The fourth-order valence-electron chi connectivity index (χ4n) is 3.88. The van der Waals surface area contributed by atoms with E-state index < -0.39 is 5.54 Å². The van der Waals surface area contributed by atoms with E-state index in [9.17, 15) is 4.79 Å². The summed E-state index contributed by atoms with van der Waals surface area (Å²) < 4.78 is 0. The van der Waals surface area contributed by atoms with Crippen molar-refractivity contribution in [3.8, 4) is 0 Å². The maximum Gasteiger partial charge on any atom is 0.250 e. The number of amides is 1. The number of aryl methyl sites for hydroxylation is 1. The van der Waals surface area contributed by atoms with Crippen LogP contribution >= 0.6 is 11.6 Å². The van der Waals surface area contributed by atoms with Gasteiger partial charge in [-0.15, -0.1) is 0 Å². The number of benzene rings is 2. The lowest BCUT2D eigenvalue weighted by molar-refractivity contribution is -0.125. The summed E-state index contributed by atoms with van der Waals surface area (Å²) in [5.41, 5.74) is 4.97. The minimum atomic E-state index is -0.769. The van der Waals surface area contributed by atoms with E-state index in [1.165, 1.54) is 16.7 Å². The van der Waals surface area contributed by atoms with Gasteiger partial charge in [-0.25, -0.2) is 0 Å². The molecule has 1 amide bonds. The summed E-state index contributed by atoms with van der Waals surface area (Å²) in [6.45, 7) is 1.79. The first-order valence-corrected chi connectivity index (χ1v) is 8.62. The minimum Gasteiger partial charge on any atom is -0.368 e. The number of carbonyl (C=O) groups is 1. The number of carbonyl (C=O) groups excluding carboxylic acids is 1. The molecule has 0 fully saturated rings. The van der Waals surface area contributed by atoms with Crippen LogP contribution in [0.4, 0.5) is 5.69 Å². The second kappa shape index (κ2) is 5.80. The molecule has 0 aromatic heterocycles. The summed E-state index contributed by atoms with van der Waals surface area (Å²) >= 11 is 6.21. The summed E-state index contributed by atoms with van der Waals surface area (Å²) in [6, 6.07) is 12.2. The van der Waals surface area contributed by atoms with Crippen LogP contribution in [-0.2, 0) is 29.8 Å². The lowest BCUT2D eigenvalue weighted by Gasteiger charge is -2.31. The van der Waals surface area contributed by atoms with Crippen LogP contribution < -0.4 is 16.0 Å². The van der Waals surface area contributed by atoms with E-state index in [0.29, 0.717) is 5.02 Å². The molecule has 0 radical (unpaired) electrons. The zero-order valence-corrected chi connectivity index (χ0v) is 14.3. The van der Waals surface area contributed by atoms with Crippen molar-refractivity contribution in [1.29, 1.82) is 0 Å². The van der Waals surface area contributed by atoms with Crippen LogP contribution in [0.3, 0.4) is 0 Å². The molecule has 5 heteroatoms. The van der Waals surface area contributed by atoms with Crippen LogP contribution in [0.25, 0.3) is 0 Å². The second-order valence-electron chi connectivity index (χ2n) is 6.50. The molecule has 4 rings (SSSR count). The molecule has 2 aromatic carbocycles. The summed E-state index contributed by atoms with van der Waals surface area (Å²) in [5, 5.41) is 10.4. The van der Waals surface area contributed by atoms with Crippen LogP contribution in [-0.4, -0.2) is 13.0 Å². The van der Waals surface area contributed by atoms with Crippen molar-refractivity contribution in [2.24, 2.45) is 0 Å². The topological polar surface area (TPSA) is 53.2 Å². The van der Waals surface area contributed by atoms with E-state index in [0.717, 1.165) is 37.2 Å². The first kappa shape index (κ1) is 15.5. The second-order valence-corrected chi connectivity index (χ2v) is 6.93. The number of rotatable bonds is 3. The smallest absolute Gasteiger partial charge is 0.250 e. The Balaban J connectivity index is 1.77. The van der Waals surface area contributed by atoms with Crippen LogP contribution in [0.2, 0.25) is 5.02 Å². The number of likely N-dealkylation sites (N-methyl/N-ethyl adjacent to an activating group) is 1. The average molecular weight is 342 g/mol. The van der Waals surface area contributed by atoms with Gasteiger partial charge in [0, 0.05) is 30.8 Å². The number of halogens is 1. The van der Waals surface area contributed by atoms with Gasteiger partial charge in [-0.2, -0.15) is 0 Å². The standard InChI is InChI=1S/C19H20ClN3O/c1-21-18(24)19(7-6-12-2-4-15(20)9-17(12)19)23-16-5-3-13-10-22-11-14(13)8-16/h2-5,8-9,22-23H,6-7,10-11H2,1H3,(H,21,24)/t19-/m0/s1. The lowest BCUT2D eigenvalue weighted by Crippen LogP contribution is -2.47. The van der Waals surface area contributed by atoms with Gasteiger partial charge in [-0.3, -0.25) is 4.79 Å². The van der Waals surface area contributed by atoms with E-state index in [1.807, 2.05) is 18.2 Å². The van der Waals surface area contributed by atoms with E-state index in [2.05, 4.69) is 34.1 Å². The minimum absolute atomic E-state index is 0.0258. The Kier molecular flexibility index (Phi) is 3.74. The Labute approximate surface area is 146 Å². The molecule has 0 unspecified atom stereocenters. The average Bonchev–Trinajstić information content (AvgIpc) is 3.19. The number of hydrogen-bond acceptors (Lipinski definition) is 3. The summed E-state index contributed by atoms with van der Waals surface area (Å²) in [7, 11) is 1.68. The van der Waals surface area contributed by atoms with E-state index in [-0.39, 0.29) is 5.91 Å². The van der Waals surface area contributed by atoms with Crippen molar-refractivity contribution < 1.29 is 4.79 Å². The molecule has 2 aliphatic rings. The predicted molar refractivity (Wildman–Crippen MR) is 96.1 cm³/mol. The van der Waals surface area contributed by atoms with Gasteiger partial charge in [-0.05, 0) is 59.4 Å². The van der Waals surface area contributed by atoms with Gasteiger partial charge in [0.25, 0.3) is 0 Å². The summed E-state index contributed by atoms with van der Waals surface area (Å²) in [4.78, 5) is 12.8. The first-order valence-electron chi connectivity index (χ1n) is 8.24. The van der Waals surface area contributed by atoms with E-state index >= 15 is 0 Å². The zero-order valence-electron chi connectivity index (χ0n) is 13.6. The van der Waals surface area contributed by atoms with Gasteiger partial charge in [0.15, 0.2) is 0 Å². The molecule has 124 valence electrons. The van der Waals surface area contributed by atoms with Crippen molar-refractivity contribution in [3.63, 3.8) is 0 Å². The van der Waals surface area contributed by atoms with Crippen LogP contribution in [0, 0.1) is 0 Å². The number of nitrogens with one attached hydrogen (secondary N) is 3. The molecule has 1 aliphatic carbocycles. The molecule has 0 saturated carbocycles. The number of anilines is 1. The first-order chi connectivity index (χ1) is 11.6. The van der Waals surface area contributed by atoms with E-state index in [4.69, 9.17) is 11.6 Å². The molecule has 1 heterocycles. The molecule has 24 heavy (non-hydrogen) atoms. The van der Waals surface area contributed by atoms with Crippen molar-refractivity contribution in [2.45, 2.75) is 31.5 Å². The molecule has 3 N–H and O–H groups in total. The molecule has 4 nitrogen and oxygen atoms in total. The number of hydrogen-bond donors (Lipinski definition) is 3. The van der Waals surface area contributed by atoms with Crippen molar-refractivity contribution in [1.82, 2.24) is 10.6 Å². The van der Waals surface area contributed by atoms with Gasteiger partial charge in [0.2, 0.25) is 5.91 Å². The molecule has 0 bridgehead atoms. The van der Waals surface area contributed by atoms with Crippen LogP contribution in [0.1, 0.15) is 28.7 Å². The Hall–Kier alpha value is -2.04. The zero-order chi connectivity index (χ0) is 16.7. The predicted octanol–water partition coefficient (Wildman–Crippen LogP) is 2.94. The lowest BCUT2D eigenvalue weighted by atomic mass is 9.90.